The molecule has 6 heteroatoms. The fourth-order valence-electron chi connectivity index (χ4n) is 1.83. The normalized spacial score (nSPS) is 13.8. The highest BCUT2D eigenvalue weighted by Crippen LogP contribution is 2.05. The predicted molar refractivity (Wildman–Crippen MR) is 73.8 cm³/mol. The first kappa shape index (κ1) is 16.6. The minimum absolute atomic E-state index is 0.0548. The van der Waals surface area contributed by atoms with Crippen molar-refractivity contribution < 1.29 is 19.0 Å². The van der Waals surface area contributed by atoms with E-state index in [2.05, 4.69) is 15.4 Å². The summed E-state index contributed by atoms with van der Waals surface area (Å²) < 4.78 is 17.4. The molecule has 2 atom stereocenters. The fourth-order valence-corrected chi connectivity index (χ4v) is 1.83. The molecule has 0 aromatic heterocycles. The number of hydrogen-bond acceptors (Lipinski definition) is 5. The molecule has 1 aromatic carbocycles. The molecule has 0 radical (unpaired) electrons. The SMILES string of the molecule is CNC(CNC(CO)C(=O)OC)Cc1ccc(F)cc1. The Kier molecular flexibility index (Phi) is 7.14. The maximum atomic E-state index is 12.8. The quantitative estimate of drug-likeness (QED) is 0.590. The Balaban J connectivity index is 2.50. The van der Waals surface area contributed by atoms with E-state index in [-0.39, 0.29) is 18.5 Å². The van der Waals surface area contributed by atoms with Gasteiger partial charge in [-0.2, -0.15) is 0 Å². The number of halogens is 1. The van der Waals surface area contributed by atoms with Gasteiger partial charge in [0.1, 0.15) is 11.9 Å². The zero-order chi connectivity index (χ0) is 15.0. The minimum atomic E-state index is -0.732. The second-order valence-electron chi connectivity index (χ2n) is 4.48. The molecule has 1 aromatic rings. The third-order valence-electron chi connectivity index (χ3n) is 3.08. The molecule has 0 saturated heterocycles. The third-order valence-corrected chi connectivity index (χ3v) is 3.08. The summed E-state index contributed by atoms with van der Waals surface area (Å²) in [5, 5.41) is 15.2. The highest BCUT2D eigenvalue weighted by atomic mass is 19.1. The first-order valence-corrected chi connectivity index (χ1v) is 6.44. The molecule has 3 N–H and O–H groups in total. The summed E-state index contributed by atoms with van der Waals surface area (Å²) in [6.45, 7) is 0.161. The molecular formula is C14H21FN2O3. The number of aliphatic hydroxyl groups excluding tert-OH is 1. The fraction of sp³-hybridized carbons (Fsp3) is 0.500. The van der Waals surface area contributed by atoms with Crippen LogP contribution in [0.25, 0.3) is 0 Å². The Bertz CT molecular complexity index is 411. The number of esters is 1. The predicted octanol–water partition coefficient (Wildman–Crippen LogP) is 0.0797. The number of nitrogens with one attached hydrogen (secondary N) is 2. The molecule has 0 aliphatic heterocycles. The van der Waals surface area contributed by atoms with Crippen LogP contribution in [0.5, 0.6) is 0 Å². The smallest absolute Gasteiger partial charge is 0.325 e. The zero-order valence-electron chi connectivity index (χ0n) is 11.7. The van der Waals surface area contributed by atoms with Crippen molar-refractivity contribution in [2.24, 2.45) is 0 Å². The van der Waals surface area contributed by atoms with Gasteiger partial charge in [-0.25, -0.2) is 4.39 Å². The van der Waals surface area contributed by atoms with Gasteiger partial charge in [-0.15, -0.1) is 0 Å². The average Bonchev–Trinajstić information content (AvgIpc) is 2.48. The number of ether oxygens (including phenoxy) is 1. The summed E-state index contributed by atoms with van der Waals surface area (Å²) in [7, 11) is 3.09. The molecule has 0 amide bonds. The van der Waals surface area contributed by atoms with E-state index in [1.807, 2.05) is 7.05 Å². The lowest BCUT2D eigenvalue weighted by molar-refractivity contribution is -0.144. The van der Waals surface area contributed by atoms with E-state index >= 15 is 0 Å². The van der Waals surface area contributed by atoms with Gasteiger partial charge >= 0.3 is 5.97 Å². The summed E-state index contributed by atoms with van der Waals surface area (Å²) in [6.07, 6.45) is 0.684. The van der Waals surface area contributed by atoms with E-state index in [9.17, 15) is 9.18 Å². The number of carbonyl (C=O) groups excluding carboxylic acids is 1. The van der Waals surface area contributed by atoms with E-state index in [4.69, 9.17) is 5.11 Å². The number of benzene rings is 1. The van der Waals surface area contributed by atoms with Gasteiger partial charge in [0.25, 0.3) is 0 Å². The van der Waals surface area contributed by atoms with Crippen LogP contribution in [0.2, 0.25) is 0 Å². The number of rotatable bonds is 8. The van der Waals surface area contributed by atoms with E-state index in [1.165, 1.54) is 19.2 Å². The highest BCUT2D eigenvalue weighted by Gasteiger charge is 2.18. The van der Waals surface area contributed by atoms with Gasteiger partial charge in [0.05, 0.1) is 13.7 Å². The van der Waals surface area contributed by atoms with Gasteiger partial charge in [-0.1, -0.05) is 12.1 Å². The topological polar surface area (TPSA) is 70.6 Å². The van der Waals surface area contributed by atoms with Gasteiger partial charge in [0, 0.05) is 12.6 Å². The van der Waals surface area contributed by atoms with Crippen LogP contribution in [0.4, 0.5) is 4.39 Å². The molecule has 0 heterocycles. The van der Waals surface area contributed by atoms with Gasteiger partial charge in [0.15, 0.2) is 0 Å². The van der Waals surface area contributed by atoms with Crippen LogP contribution in [0.3, 0.4) is 0 Å². The molecule has 5 nitrogen and oxygen atoms in total. The Morgan fingerprint density at radius 3 is 2.55 bits per heavy atom. The summed E-state index contributed by atoms with van der Waals surface area (Å²) >= 11 is 0. The van der Waals surface area contributed by atoms with Crippen LogP contribution >= 0.6 is 0 Å². The second-order valence-corrected chi connectivity index (χ2v) is 4.48. The van der Waals surface area contributed by atoms with Crippen molar-refractivity contribution in [1.29, 1.82) is 0 Å². The van der Waals surface area contributed by atoms with E-state index in [1.54, 1.807) is 12.1 Å². The molecule has 0 saturated carbocycles. The second kappa shape index (κ2) is 8.63. The molecule has 1 rings (SSSR count). The van der Waals surface area contributed by atoms with Crippen LogP contribution in [0, 0.1) is 5.82 Å². The van der Waals surface area contributed by atoms with Gasteiger partial charge < -0.3 is 20.5 Å². The Hall–Kier alpha value is -1.50. The lowest BCUT2D eigenvalue weighted by Gasteiger charge is -2.20. The third kappa shape index (κ3) is 5.24. The van der Waals surface area contributed by atoms with E-state index in [0.717, 1.165) is 5.56 Å². The summed E-state index contributed by atoms with van der Waals surface area (Å²) in [6, 6.07) is 5.61. The minimum Gasteiger partial charge on any atom is -0.468 e. The first-order chi connectivity index (χ1) is 9.60. The Morgan fingerprint density at radius 2 is 2.05 bits per heavy atom. The maximum absolute atomic E-state index is 12.8. The van der Waals surface area contributed by atoms with Crippen molar-refractivity contribution in [3.05, 3.63) is 35.6 Å². The van der Waals surface area contributed by atoms with Crippen molar-refractivity contribution >= 4 is 5.97 Å². The molecule has 2 unspecified atom stereocenters. The number of carbonyl (C=O) groups is 1. The molecule has 112 valence electrons. The monoisotopic (exact) mass is 284 g/mol. The summed E-state index contributed by atoms with van der Waals surface area (Å²) in [4.78, 5) is 11.3. The van der Waals surface area contributed by atoms with E-state index in [0.29, 0.717) is 13.0 Å². The van der Waals surface area contributed by atoms with Crippen LogP contribution < -0.4 is 10.6 Å². The van der Waals surface area contributed by atoms with Gasteiger partial charge in [-0.05, 0) is 31.2 Å². The summed E-state index contributed by atoms with van der Waals surface area (Å²) in [5.41, 5.74) is 0.992. The summed E-state index contributed by atoms with van der Waals surface area (Å²) in [5.74, 6) is -0.761. The van der Waals surface area contributed by atoms with Crippen molar-refractivity contribution in [1.82, 2.24) is 10.6 Å². The maximum Gasteiger partial charge on any atom is 0.325 e. The largest absolute Gasteiger partial charge is 0.468 e. The molecule has 0 aliphatic rings. The van der Waals surface area contributed by atoms with Crippen molar-refractivity contribution in [3.63, 3.8) is 0 Å². The van der Waals surface area contributed by atoms with Gasteiger partial charge in [0.2, 0.25) is 0 Å². The van der Waals surface area contributed by atoms with Crippen LogP contribution in [-0.2, 0) is 16.0 Å². The molecule has 0 fully saturated rings. The zero-order valence-corrected chi connectivity index (χ0v) is 11.7. The first-order valence-electron chi connectivity index (χ1n) is 6.44. The average molecular weight is 284 g/mol. The number of hydrogen-bond donors (Lipinski definition) is 3. The van der Waals surface area contributed by atoms with Gasteiger partial charge in [-0.3, -0.25) is 4.79 Å². The van der Waals surface area contributed by atoms with Crippen molar-refractivity contribution in [3.8, 4) is 0 Å². The van der Waals surface area contributed by atoms with Crippen LogP contribution in [0.15, 0.2) is 24.3 Å². The van der Waals surface area contributed by atoms with Crippen LogP contribution in [0.1, 0.15) is 5.56 Å². The number of aliphatic hydroxyl groups is 1. The van der Waals surface area contributed by atoms with E-state index < -0.39 is 12.0 Å². The standard InChI is InChI=1S/C14H21FN2O3/c1-16-12(7-10-3-5-11(15)6-4-10)8-17-13(9-18)14(19)20-2/h3-6,12-13,16-18H,7-9H2,1-2H3. The lowest BCUT2D eigenvalue weighted by atomic mass is 10.1. The molecule has 0 aliphatic carbocycles. The van der Waals surface area contributed by atoms with Crippen molar-refractivity contribution in [2.75, 3.05) is 27.3 Å². The van der Waals surface area contributed by atoms with Crippen LogP contribution in [-0.4, -0.2) is 50.5 Å². The number of likely N-dealkylation sites (N-methyl/N-ethyl adjacent to an activating group) is 1. The lowest BCUT2D eigenvalue weighted by Crippen LogP contribution is -2.47. The number of methoxy groups -OCH3 is 1. The molecule has 20 heavy (non-hydrogen) atoms. The molecule has 0 spiro atoms. The highest BCUT2D eigenvalue weighted by molar-refractivity contribution is 5.75. The molecule has 0 bridgehead atoms. The molecular weight excluding hydrogens is 263 g/mol. The Morgan fingerprint density at radius 1 is 1.40 bits per heavy atom. The van der Waals surface area contributed by atoms with Crippen molar-refractivity contribution in [2.45, 2.75) is 18.5 Å². The Labute approximate surface area is 118 Å².